The molecule has 9 aromatic carbocycles. The predicted octanol–water partition coefficient (Wildman–Crippen LogP) is 16.7. The van der Waals surface area contributed by atoms with Gasteiger partial charge in [0.25, 0.3) is 0 Å². The second kappa shape index (κ2) is 15.7. The lowest BCUT2D eigenvalue weighted by molar-refractivity contribution is 0.444. The first kappa shape index (κ1) is 37.2. The van der Waals surface area contributed by atoms with Gasteiger partial charge in [-0.1, -0.05) is 128 Å². The smallest absolute Gasteiger partial charge is 0.0541 e. The lowest BCUT2D eigenvalue weighted by atomic mass is 9.83. The van der Waals surface area contributed by atoms with Crippen molar-refractivity contribution in [2.45, 2.75) is 38.0 Å². The average molecular weight is 810 g/mol. The van der Waals surface area contributed by atoms with Gasteiger partial charge in [0.2, 0.25) is 0 Å². The Bertz CT molecular complexity index is 3360. The topological polar surface area (TPSA) is 13.1 Å². The first-order valence-electron chi connectivity index (χ1n) is 22.5. The SMILES string of the molecule is c1ccc(N(c2ccccc2)c2ccc(-c3ccc4c(c3)c3cc(-c5ccc6c(c5)c5cc(C7CCCCC7)ccc5n6-c5ccccc5)ccc3n4-c3ccccc3)cc2)cc1. The Morgan fingerprint density at radius 2 is 0.683 bits per heavy atom. The molecule has 0 bridgehead atoms. The molecule has 0 spiro atoms. The van der Waals surface area contributed by atoms with Gasteiger partial charge in [0, 0.05) is 50.0 Å². The first-order valence-corrected chi connectivity index (χ1v) is 22.5. The minimum absolute atomic E-state index is 0.645. The number of hydrogen-bond donors (Lipinski definition) is 0. The molecule has 0 aliphatic heterocycles. The quantitative estimate of drug-likeness (QED) is 0.149. The Morgan fingerprint density at radius 1 is 0.317 bits per heavy atom. The number of anilines is 3. The summed E-state index contributed by atoms with van der Waals surface area (Å²) in [4.78, 5) is 2.31. The zero-order chi connectivity index (χ0) is 41.7. The van der Waals surface area contributed by atoms with Gasteiger partial charge in [-0.3, -0.25) is 0 Å². The summed E-state index contributed by atoms with van der Waals surface area (Å²) >= 11 is 0. The van der Waals surface area contributed by atoms with Crippen LogP contribution >= 0.6 is 0 Å². The molecule has 2 aromatic heterocycles. The highest BCUT2D eigenvalue weighted by Crippen LogP contribution is 2.42. The van der Waals surface area contributed by atoms with Crippen LogP contribution in [-0.4, -0.2) is 9.13 Å². The number of hydrogen-bond acceptors (Lipinski definition) is 1. The van der Waals surface area contributed by atoms with E-state index in [0.717, 1.165) is 22.7 Å². The van der Waals surface area contributed by atoms with Gasteiger partial charge >= 0.3 is 0 Å². The molecule has 63 heavy (non-hydrogen) atoms. The Kier molecular flexibility index (Phi) is 9.26. The van der Waals surface area contributed by atoms with Crippen LogP contribution in [0.4, 0.5) is 17.1 Å². The zero-order valence-electron chi connectivity index (χ0n) is 35.2. The molecule has 12 rings (SSSR count). The van der Waals surface area contributed by atoms with Crippen molar-refractivity contribution < 1.29 is 0 Å². The molecule has 3 heteroatoms. The maximum Gasteiger partial charge on any atom is 0.0541 e. The number of rotatable bonds is 8. The van der Waals surface area contributed by atoms with E-state index in [1.165, 1.54) is 109 Å². The summed E-state index contributed by atoms with van der Waals surface area (Å²) in [5.41, 5.74) is 17.0. The third-order valence-corrected chi connectivity index (χ3v) is 13.5. The van der Waals surface area contributed by atoms with Crippen LogP contribution in [0.3, 0.4) is 0 Å². The molecule has 1 saturated carbocycles. The molecule has 1 aliphatic rings. The van der Waals surface area contributed by atoms with Gasteiger partial charge in [-0.15, -0.1) is 0 Å². The highest BCUT2D eigenvalue weighted by atomic mass is 15.1. The second-order valence-electron chi connectivity index (χ2n) is 17.2. The van der Waals surface area contributed by atoms with Crippen LogP contribution in [-0.2, 0) is 0 Å². The highest BCUT2D eigenvalue weighted by molar-refractivity contribution is 6.13. The molecule has 0 amide bonds. The molecule has 1 aliphatic carbocycles. The summed E-state index contributed by atoms with van der Waals surface area (Å²) in [6, 6.07) is 80.3. The molecular weight excluding hydrogens is 763 g/mol. The molecule has 0 radical (unpaired) electrons. The van der Waals surface area contributed by atoms with Crippen molar-refractivity contribution in [1.82, 2.24) is 9.13 Å². The number of aromatic nitrogens is 2. The van der Waals surface area contributed by atoms with Crippen molar-refractivity contribution in [2.75, 3.05) is 4.90 Å². The van der Waals surface area contributed by atoms with E-state index in [1.54, 1.807) is 0 Å². The molecule has 0 unspecified atom stereocenters. The third kappa shape index (κ3) is 6.60. The lowest BCUT2D eigenvalue weighted by Gasteiger charge is -2.25. The van der Waals surface area contributed by atoms with E-state index >= 15 is 0 Å². The van der Waals surface area contributed by atoms with E-state index in [4.69, 9.17) is 0 Å². The van der Waals surface area contributed by atoms with Crippen LogP contribution in [0.15, 0.2) is 218 Å². The summed E-state index contributed by atoms with van der Waals surface area (Å²) < 4.78 is 4.87. The Balaban J connectivity index is 0.992. The number of fused-ring (bicyclic) bond motifs is 6. The van der Waals surface area contributed by atoms with E-state index in [9.17, 15) is 0 Å². The van der Waals surface area contributed by atoms with Crippen LogP contribution in [0.1, 0.15) is 43.6 Å². The molecule has 0 saturated heterocycles. The molecule has 0 atom stereocenters. The van der Waals surface area contributed by atoms with Crippen molar-refractivity contribution in [3.8, 4) is 33.6 Å². The van der Waals surface area contributed by atoms with E-state index in [0.29, 0.717) is 5.92 Å². The van der Waals surface area contributed by atoms with Gasteiger partial charge in [0.05, 0.1) is 22.1 Å². The summed E-state index contributed by atoms with van der Waals surface area (Å²) in [7, 11) is 0. The predicted molar refractivity (Wildman–Crippen MR) is 267 cm³/mol. The van der Waals surface area contributed by atoms with Gasteiger partial charge in [0.15, 0.2) is 0 Å². The fourth-order valence-electron chi connectivity index (χ4n) is 10.4. The number of benzene rings is 9. The monoisotopic (exact) mass is 809 g/mol. The van der Waals surface area contributed by atoms with E-state index < -0.39 is 0 Å². The van der Waals surface area contributed by atoms with Crippen LogP contribution in [0.5, 0.6) is 0 Å². The first-order chi connectivity index (χ1) is 31.2. The fraction of sp³-hybridized carbons (Fsp3) is 0.100. The van der Waals surface area contributed by atoms with Crippen LogP contribution in [0.25, 0.3) is 77.2 Å². The van der Waals surface area contributed by atoms with E-state index in [-0.39, 0.29) is 0 Å². The summed E-state index contributed by atoms with van der Waals surface area (Å²) in [5.74, 6) is 0.645. The van der Waals surface area contributed by atoms with Crippen LogP contribution < -0.4 is 4.90 Å². The van der Waals surface area contributed by atoms with E-state index in [1.807, 2.05) is 0 Å². The maximum atomic E-state index is 2.52. The fourth-order valence-corrected chi connectivity index (χ4v) is 10.4. The minimum atomic E-state index is 0.645. The molecule has 302 valence electrons. The van der Waals surface area contributed by atoms with Gasteiger partial charge in [0.1, 0.15) is 0 Å². The van der Waals surface area contributed by atoms with Crippen LogP contribution in [0, 0.1) is 0 Å². The van der Waals surface area contributed by atoms with Gasteiger partial charge in [-0.05, 0) is 156 Å². The Labute approximate surface area is 368 Å². The Hall–Kier alpha value is -7.62. The second-order valence-corrected chi connectivity index (χ2v) is 17.2. The average Bonchev–Trinajstić information content (AvgIpc) is 3.87. The minimum Gasteiger partial charge on any atom is -0.311 e. The molecular formula is C60H47N3. The number of para-hydroxylation sites is 4. The zero-order valence-corrected chi connectivity index (χ0v) is 35.2. The van der Waals surface area contributed by atoms with Gasteiger partial charge < -0.3 is 14.0 Å². The van der Waals surface area contributed by atoms with Crippen molar-refractivity contribution in [2.24, 2.45) is 0 Å². The maximum absolute atomic E-state index is 2.52. The van der Waals surface area contributed by atoms with Crippen molar-refractivity contribution in [1.29, 1.82) is 0 Å². The molecule has 3 nitrogen and oxygen atoms in total. The van der Waals surface area contributed by atoms with Gasteiger partial charge in [-0.25, -0.2) is 0 Å². The molecule has 11 aromatic rings. The summed E-state index contributed by atoms with van der Waals surface area (Å²) in [6.07, 6.45) is 6.61. The Morgan fingerprint density at radius 3 is 1.14 bits per heavy atom. The van der Waals surface area contributed by atoms with E-state index in [2.05, 4.69) is 232 Å². The van der Waals surface area contributed by atoms with Gasteiger partial charge in [-0.2, -0.15) is 0 Å². The number of nitrogens with zero attached hydrogens (tertiary/aromatic N) is 3. The highest BCUT2D eigenvalue weighted by Gasteiger charge is 2.21. The molecule has 2 heterocycles. The van der Waals surface area contributed by atoms with Crippen molar-refractivity contribution in [3.05, 3.63) is 224 Å². The molecule has 0 N–H and O–H groups in total. The third-order valence-electron chi connectivity index (χ3n) is 13.5. The van der Waals surface area contributed by atoms with Crippen molar-refractivity contribution >= 4 is 60.7 Å². The summed E-state index contributed by atoms with van der Waals surface area (Å²) in [5, 5.41) is 5.13. The van der Waals surface area contributed by atoms with Crippen LogP contribution in [0.2, 0.25) is 0 Å². The largest absolute Gasteiger partial charge is 0.311 e. The summed E-state index contributed by atoms with van der Waals surface area (Å²) in [6.45, 7) is 0. The van der Waals surface area contributed by atoms with Crippen molar-refractivity contribution in [3.63, 3.8) is 0 Å². The lowest BCUT2D eigenvalue weighted by Crippen LogP contribution is -2.09. The standard InChI is InChI=1S/C60H47N3/c1-6-16-42(17-7-1)44-28-34-57-53(38-44)55-40-46(30-36-59(55)62(57)50-22-12-4-13-23-50)47-31-37-60-56(41-47)54-39-45(29-35-58(54)63(60)51-24-14-5-15-25-51)43-26-32-52(33-27-43)61(48-18-8-2-9-19-48)49-20-10-3-11-21-49/h2-5,8-15,18-42H,1,6-7,16-17H2. The molecule has 1 fully saturated rings. The normalized spacial score (nSPS) is 13.3.